The first-order chi connectivity index (χ1) is 6.16. The van der Waals surface area contributed by atoms with Crippen LogP contribution in [0.2, 0.25) is 0 Å². The maximum absolute atomic E-state index is 11.5. The average molecular weight is 223 g/mol. The molecule has 0 spiro atoms. The van der Waals surface area contributed by atoms with Gasteiger partial charge in [-0.3, -0.25) is 0 Å². The van der Waals surface area contributed by atoms with Gasteiger partial charge in [0.2, 0.25) is 10.0 Å². The molecule has 1 unspecified atom stereocenters. The summed E-state index contributed by atoms with van der Waals surface area (Å²) >= 11 is 0. The van der Waals surface area contributed by atoms with Gasteiger partial charge < -0.3 is 4.74 Å². The molecule has 0 aliphatic heterocycles. The summed E-state index contributed by atoms with van der Waals surface area (Å²) < 4.78 is 30.5. The van der Waals surface area contributed by atoms with Gasteiger partial charge in [-0.1, -0.05) is 20.8 Å². The third-order valence-electron chi connectivity index (χ3n) is 1.62. The van der Waals surface area contributed by atoms with E-state index in [0.717, 1.165) is 0 Å². The summed E-state index contributed by atoms with van der Waals surface area (Å²) in [6.45, 7) is 7.83. The summed E-state index contributed by atoms with van der Waals surface area (Å²) in [5.41, 5.74) is -0.220. The smallest absolute Gasteiger partial charge is 0.212 e. The number of ether oxygens (including phenoxy) is 1. The lowest BCUT2D eigenvalue weighted by Gasteiger charge is -2.19. The first-order valence-corrected chi connectivity index (χ1v) is 6.32. The van der Waals surface area contributed by atoms with E-state index in [9.17, 15) is 8.42 Å². The lowest BCUT2D eigenvalue weighted by Crippen LogP contribution is -2.36. The topological polar surface area (TPSA) is 55.4 Å². The SMILES string of the molecule is COC(C)CNS(=O)(=O)CC(C)(C)C. The summed E-state index contributed by atoms with van der Waals surface area (Å²) in [5, 5.41) is 0. The molecule has 1 N–H and O–H groups in total. The van der Waals surface area contributed by atoms with Crippen LogP contribution in [-0.4, -0.2) is 33.9 Å². The highest BCUT2D eigenvalue weighted by atomic mass is 32.2. The van der Waals surface area contributed by atoms with Crippen molar-refractivity contribution in [2.24, 2.45) is 5.41 Å². The zero-order valence-corrected chi connectivity index (χ0v) is 10.4. The van der Waals surface area contributed by atoms with Crippen molar-refractivity contribution >= 4 is 10.0 Å². The fraction of sp³-hybridized carbons (Fsp3) is 1.00. The van der Waals surface area contributed by atoms with Crippen molar-refractivity contribution in [2.75, 3.05) is 19.4 Å². The van der Waals surface area contributed by atoms with Crippen molar-refractivity contribution in [3.05, 3.63) is 0 Å². The zero-order chi connectivity index (χ0) is 11.4. The van der Waals surface area contributed by atoms with E-state index < -0.39 is 10.0 Å². The van der Waals surface area contributed by atoms with E-state index in [1.165, 1.54) is 0 Å². The Bertz CT molecular complexity index is 254. The standard InChI is InChI=1S/C9H21NO3S/c1-8(13-5)6-10-14(11,12)7-9(2,3)4/h8,10H,6-7H2,1-5H3. The Morgan fingerprint density at radius 2 is 1.86 bits per heavy atom. The van der Waals surface area contributed by atoms with Crippen LogP contribution >= 0.6 is 0 Å². The van der Waals surface area contributed by atoms with Gasteiger partial charge in [0, 0.05) is 13.7 Å². The normalized spacial score (nSPS) is 15.5. The third kappa shape index (κ3) is 7.29. The molecule has 14 heavy (non-hydrogen) atoms. The van der Waals surface area contributed by atoms with Crippen molar-refractivity contribution in [2.45, 2.75) is 33.8 Å². The number of nitrogens with one attached hydrogen (secondary N) is 1. The van der Waals surface area contributed by atoms with E-state index in [1.807, 2.05) is 27.7 Å². The molecule has 0 aliphatic carbocycles. The third-order valence-corrected chi connectivity index (χ3v) is 3.47. The number of hydrogen-bond donors (Lipinski definition) is 1. The Morgan fingerprint density at radius 1 is 1.36 bits per heavy atom. The van der Waals surface area contributed by atoms with E-state index in [-0.39, 0.29) is 17.3 Å². The maximum atomic E-state index is 11.5. The minimum Gasteiger partial charge on any atom is -0.380 e. The molecule has 0 rings (SSSR count). The van der Waals surface area contributed by atoms with Crippen molar-refractivity contribution in [3.8, 4) is 0 Å². The molecule has 0 amide bonds. The highest BCUT2D eigenvalue weighted by Crippen LogP contribution is 2.15. The van der Waals surface area contributed by atoms with Crippen molar-refractivity contribution in [1.29, 1.82) is 0 Å². The molecule has 0 saturated carbocycles. The average Bonchev–Trinajstić information content (AvgIpc) is 1.96. The van der Waals surface area contributed by atoms with Crippen LogP contribution in [0.15, 0.2) is 0 Å². The summed E-state index contributed by atoms with van der Waals surface area (Å²) in [4.78, 5) is 0. The molecule has 0 aromatic rings. The Balaban J connectivity index is 4.10. The van der Waals surface area contributed by atoms with E-state index >= 15 is 0 Å². The molecule has 0 aromatic carbocycles. The van der Waals surface area contributed by atoms with Crippen LogP contribution in [0.5, 0.6) is 0 Å². The van der Waals surface area contributed by atoms with E-state index in [0.29, 0.717) is 6.54 Å². The first-order valence-electron chi connectivity index (χ1n) is 4.66. The molecule has 0 saturated heterocycles. The fourth-order valence-corrected chi connectivity index (χ4v) is 2.68. The Morgan fingerprint density at radius 3 is 2.21 bits per heavy atom. The van der Waals surface area contributed by atoms with Crippen molar-refractivity contribution in [3.63, 3.8) is 0 Å². The Hall–Kier alpha value is -0.130. The lowest BCUT2D eigenvalue weighted by atomic mass is 10.0. The number of methoxy groups -OCH3 is 1. The molecule has 1 atom stereocenters. The predicted octanol–water partition coefficient (Wildman–Crippen LogP) is 0.987. The van der Waals surface area contributed by atoms with Gasteiger partial charge in [-0.05, 0) is 12.3 Å². The first kappa shape index (κ1) is 13.9. The van der Waals surface area contributed by atoms with Crippen LogP contribution in [0.1, 0.15) is 27.7 Å². The van der Waals surface area contributed by atoms with Gasteiger partial charge in [0.25, 0.3) is 0 Å². The van der Waals surface area contributed by atoms with Gasteiger partial charge in [-0.15, -0.1) is 0 Å². The lowest BCUT2D eigenvalue weighted by molar-refractivity contribution is 0.122. The highest BCUT2D eigenvalue weighted by molar-refractivity contribution is 7.89. The molecule has 0 heterocycles. The van der Waals surface area contributed by atoms with Crippen LogP contribution < -0.4 is 4.72 Å². The fourth-order valence-electron chi connectivity index (χ4n) is 0.949. The molecule has 4 nitrogen and oxygen atoms in total. The molecule has 0 aromatic heterocycles. The summed E-state index contributed by atoms with van der Waals surface area (Å²) in [6.07, 6.45) is -0.0928. The second kappa shape index (κ2) is 5.09. The molecular weight excluding hydrogens is 202 g/mol. The maximum Gasteiger partial charge on any atom is 0.212 e. The molecule has 0 aliphatic rings. The van der Waals surface area contributed by atoms with Gasteiger partial charge in [-0.2, -0.15) is 0 Å². The van der Waals surface area contributed by atoms with E-state index in [1.54, 1.807) is 7.11 Å². The van der Waals surface area contributed by atoms with Gasteiger partial charge in [0.15, 0.2) is 0 Å². The molecule has 0 radical (unpaired) electrons. The second-order valence-corrected chi connectivity index (χ2v) is 6.52. The van der Waals surface area contributed by atoms with E-state index in [4.69, 9.17) is 4.74 Å². The van der Waals surface area contributed by atoms with E-state index in [2.05, 4.69) is 4.72 Å². The number of sulfonamides is 1. The number of rotatable bonds is 5. The van der Waals surface area contributed by atoms with Crippen LogP contribution in [0.25, 0.3) is 0 Å². The number of hydrogen-bond acceptors (Lipinski definition) is 3. The molecule has 5 heteroatoms. The summed E-state index contributed by atoms with van der Waals surface area (Å²) in [5.74, 6) is 0.135. The monoisotopic (exact) mass is 223 g/mol. The predicted molar refractivity (Wildman–Crippen MR) is 57.7 cm³/mol. The van der Waals surface area contributed by atoms with Gasteiger partial charge >= 0.3 is 0 Å². The molecule has 0 fully saturated rings. The quantitative estimate of drug-likeness (QED) is 0.756. The summed E-state index contributed by atoms with van der Waals surface area (Å²) in [6, 6.07) is 0. The van der Waals surface area contributed by atoms with Crippen LogP contribution in [0.3, 0.4) is 0 Å². The molecular formula is C9H21NO3S. The second-order valence-electron chi connectivity index (χ2n) is 4.71. The van der Waals surface area contributed by atoms with Crippen LogP contribution in [0, 0.1) is 5.41 Å². The van der Waals surface area contributed by atoms with Crippen LogP contribution in [0.4, 0.5) is 0 Å². The molecule has 86 valence electrons. The van der Waals surface area contributed by atoms with Crippen molar-refractivity contribution in [1.82, 2.24) is 4.72 Å². The minimum absolute atomic E-state index is 0.0928. The minimum atomic E-state index is -3.17. The van der Waals surface area contributed by atoms with Gasteiger partial charge in [0.05, 0.1) is 11.9 Å². The molecule has 0 bridgehead atoms. The zero-order valence-electron chi connectivity index (χ0n) is 9.62. The summed E-state index contributed by atoms with van der Waals surface area (Å²) in [7, 11) is -1.62. The van der Waals surface area contributed by atoms with Crippen LogP contribution in [-0.2, 0) is 14.8 Å². The van der Waals surface area contributed by atoms with Crippen molar-refractivity contribution < 1.29 is 13.2 Å². The van der Waals surface area contributed by atoms with Gasteiger partial charge in [0.1, 0.15) is 0 Å². The Labute approximate surface area is 87.1 Å². The van der Waals surface area contributed by atoms with Gasteiger partial charge in [-0.25, -0.2) is 13.1 Å². The largest absolute Gasteiger partial charge is 0.380 e. The Kier molecular flexibility index (Phi) is 5.05. The highest BCUT2D eigenvalue weighted by Gasteiger charge is 2.21.